The zero-order valence-corrected chi connectivity index (χ0v) is 12.8. The molecule has 0 saturated heterocycles. The first-order valence-electron chi connectivity index (χ1n) is 7.65. The average molecular weight is 286 g/mol. The van der Waals surface area contributed by atoms with Crippen LogP contribution in [0, 0.1) is 5.82 Å². The van der Waals surface area contributed by atoms with Crippen LogP contribution in [-0.2, 0) is 12.8 Å². The van der Waals surface area contributed by atoms with E-state index in [1.54, 1.807) is 12.1 Å². The number of hydrogen-bond donors (Lipinski definition) is 1. The average Bonchev–Trinajstić information content (AvgIpc) is 2.52. The molecule has 0 aliphatic rings. The van der Waals surface area contributed by atoms with E-state index in [0.717, 1.165) is 37.1 Å². The normalized spacial score (nSPS) is 12.3. The van der Waals surface area contributed by atoms with E-state index in [0.29, 0.717) is 0 Å². The molecule has 0 bridgehead atoms. The van der Waals surface area contributed by atoms with Gasteiger partial charge in [-0.05, 0) is 48.7 Å². The van der Waals surface area contributed by atoms with E-state index in [2.05, 4.69) is 36.3 Å². The van der Waals surface area contributed by atoms with E-state index < -0.39 is 0 Å². The Kier molecular flexibility index (Phi) is 5.88. The van der Waals surface area contributed by atoms with Crippen LogP contribution in [0.2, 0.25) is 0 Å². The third-order valence-corrected chi connectivity index (χ3v) is 3.60. The van der Waals surface area contributed by atoms with Crippen LogP contribution in [0.25, 0.3) is 0 Å². The fourth-order valence-electron chi connectivity index (χ4n) is 2.34. The molecule has 1 aromatic heterocycles. The molecule has 1 atom stereocenters. The maximum Gasteiger partial charge on any atom is 0.123 e. The van der Waals surface area contributed by atoms with Gasteiger partial charge in [0, 0.05) is 24.4 Å². The SMILES string of the molecule is CCCNC(Cc1ccc(CC)cn1)c1cccc(F)c1. The number of rotatable bonds is 7. The van der Waals surface area contributed by atoms with Crippen LogP contribution < -0.4 is 5.32 Å². The van der Waals surface area contributed by atoms with Gasteiger partial charge in [0.2, 0.25) is 0 Å². The van der Waals surface area contributed by atoms with Gasteiger partial charge < -0.3 is 5.32 Å². The molecular weight excluding hydrogens is 263 g/mol. The predicted octanol–water partition coefficient (Wildman–Crippen LogP) is 4.07. The first-order chi connectivity index (χ1) is 10.2. The second kappa shape index (κ2) is 7.89. The lowest BCUT2D eigenvalue weighted by atomic mass is 10.0. The second-order valence-corrected chi connectivity index (χ2v) is 5.28. The van der Waals surface area contributed by atoms with Crippen molar-refractivity contribution in [3.05, 3.63) is 65.2 Å². The summed E-state index contributed by atoms with van der Waals surface area (Å²) in [5, 5.41) is 3.48. The molecular formula is C18H23FN2. The molecule has 1 aromatic carbocycles. The highest BCUT2D eigenvalue weighted by Gasteiger charge is 2.13. The van der Waals surface area contributed by atoms with Crippen molar-refractivity contribution < 1.29 is 4.39 Å². The molecule has 0 spiro atoms. The van der Waals surface area contributed by atoms with Crippen LogP contribution in [0.4, 0.5) is 4.39 Å². The van der Waals surface area contributed by atoms with Crippen molar-refractivity contribution in [2.45, 2.75) is 39.2 Å². The lowest BCUT2D eigenvalue weighted by Gasteiger charge is -2.19. The summed E-state index contributed by atoms with van der Waals surface area (Å²) in [4.78, 5) is 4.51. The predicted molar refractivity (Wildman–Crippen MR) is 84.8 cm³/mol. The smallest absolute Gasteiger partial charge is 0.123 e. The van der Waals surface area contributed by atoms with Gasteiger partial charge in [0.25, 0.3) is 0 Å². The largest absolute Gasteiger partial charge is 0.310 e. The molecule has 0 aliphatic carbocycles. The summed E-state index contributed by atoms with van der Waals surface area (Å²) in [5.41, 5.74) is 3.25. The van der Waals surface area contributed by atoms with Gasteiger partial charge in [-0.15, -0.1) is 0 Å². The Morgan fingerprint density at radius 3 is 2.67 bits per heavy atom. The summed E-state index contributed by atoms with van der Waals surface area (Å²) < 4.78 is 13.4. The van der Waals surface area contributed by atoms with Crippen molar-refractivity contribution in [1.29, 1.82) is 0 Å². The monoisotopic (exact) mass is 286 g/mol. The van der Waals surface area contributed by atoms with E-state index >= 15 is 0 Å². The molecule has 0 saturated carbocycles. The van der Waals surface area contributed by atoms with Gasteiger partial charge in [-0.25, -0.2) is 4.39 Å². The molecule has 3 heteroatoms. The number of aryl methyl sites for hydroxylation is 1. The number of hydrogen-bond acceptors (Lipinski definition) is 2. The molecule has 1 N–H and O–H groups in total. The summed E-state index contributed by atoms with van der Waals surface area (Å²) in [6.45, 7) is 5.16. The van der Waals surface area contributed by atoms with E-state index in [4.69, 9.17) is 0 Å². The molecule has 0 aliphatic heterocycles. The molecule has 2 nitrogen and oxygen atoms in total. The van der Waals surface area contributed by atoms with E-state index in [1.807, 2.05) is 12.3 Å². The van der Waals surface area contributed by atoms with Gasteiger partial charge >= 0.3 is 0 Å². The lowest BCUT2D eigenvalue weighted by molar-refractivity contribution is 0.519. The molecule has 0 fully saturated rings. The number of halogens is 1. The van der Waals surface area contributed by atoms with Gasteiger partial charge in [0.1, 0.15) is 5.82 Å². The number of benzene rings is 1. The lowest BCUT2D eigenvalue weighted by Crippen LogP contribution is -2.24. The summed E-state index contributed by atoms with van der Waals surface area (Å²) >= 11 is 0. The Balaban J connectivity index is 2.15. The van der Waals surface area contributed by atoms with Crippen LogP contribution >= 0.6 is 0 Å². The standard InChI is InChI=1S/C18H23FN2/c1-3-10-20-18(15-6-5-7-16(19)11-15)12-17-9-8-14(4-2)13-21-17/h5-9,11,13,18,20H,3-4,10,12H2,1-2H3. The minimum Gasteiger partial charge on any atom is -0.310 e. The van der Waals surface area contributed by atoms with E-state index in [1.165, 1.54) is 11.6 Å². The van der Waals surface area contributed by atoms with Crippen LogP contribution in [0.1, 0.15) is 43.1 Å². The molecule has 1 unspecified atom stereocenters. The number of pyridine rings is 1. The minimum atomic E-state index is -0.190. The summed E-state index contributed by atoms with van der Waals surface area (Å²) in [6, 6.07) is 11.1. The molecule has 21 heavy (non-hydrogen) atoms. The summed E-state index contributed by atoms with van der Waals surface area (Å²) in [7, 11) is 0. The van der Waals surface area contributed by atoms with Crippen LogP contribution in [-0.4, -0.2) is 11.5 Å². The van der Waals surface area contributed by atoms with Gasteiger partial charge in [0.05, 0.1) is 0 Å². The quantitative estimate of drug-likeness (QED) is 0.830. The first kappa shape index (κ1) is 15.6. The van der Waals surface area contributed by atoms with Crippen LogP contribution in [0.5, 0.6) is 0 Å². The number of aromatic nitrogens is 1. The van der Waals surface area contributed by atoms with Gasteiger partial charge in [-0.1, -0.05) is 32.0 Å². The first-order valence-corrected chi connectivity index (χ1v) is 7.65. The zero-order chi connectivity index (χ0) is 15.1. The summed E-state index contributed by atoms with van der Waals surface area (Å²) in [6.07, 6.45) is 4.74. The maximum absolute atomic E-state index is 13.4. The van der Waals surface area contributed by atoms with E-state index in [-0.39, 0.29) is 11.9 Å². The fraction of sp³-hybridized carbons (Fsp3) is 0.389. The highest BCUT2D eigenvalue weighted by atomic mass is 19.1. The van der Waals surface area contributed by atoms with Crippen molar-refractivity contribution in [3.8, 4) is 0 Å². The topological polar surface area (TPSA) is 24.9 Å². The Bertz CT molecular complexity index is 551. The fourth-order valence-corrected chi connectivity index (χ4v) is 2.34. The van der Waals surface area contributed by atoms with Crippen molar-refractivity contribution in [1.82, 2.24) is 10.3 Å². The maximum atomic E-state index is 13.4. The highest BCUT2D eigenvalue weighted by Crippen LogP contribution is 2.19. The Hall–Kier alpha value is -1.74. The Morgan fingerprint density at radius 2 is 2.05 bits per heavy atom. The third-order valence-electron chi connectivity index (χ3n) is 3.60. The van der Waals surface area contributed by atoms with Crippen LogP contribution in [0.15, 0.2) is 42.6 Å². The summed E-state index contributed by atoms with van der Waals surface area (Å²) in [5.74, 6) is -0.190. The Morgan fingerprint density at radius 1 is 1.19 bits per heavy atom. The van der Waals surface area contributed by atoms with Gasteiger partial charge in [0.15, 0.2) is 0 Å². The van der Waals surface area contributed by atoms with Gasteiger partial charge in [-0.2, -0.15) is 0 Å². The molecule has 0 radical (unpaired) electrons. The number of nitrogens with zero attached hydrogens (tertiary/aromatic N) is 1. The van der Waals surface area contributed by atoms with Crippen molar-refractivity contribution in [2.75, 3.05) is 6.54 Å². The third kappa shape index (κ3) is 4.64. The molecule has 2 rings (SSSR count). The molecule has 2 aromatic rings. The molecule has 112 valence electrons. The molecule has 1 heterocycles. The highest BCUT2D eigenvalue weighted by molar-refractivity contribution is 5.23. The minimum absolute atomic E-state index is 0.0978. The Labute approximate surface area is 126 Å². The van der Waals surface area contributed by atoms with E-state index in [9.17, 15) is 4.39 Å². The second-order valence-electron chi connectivity index (χ2n) is 5.28. The number of nitrogens with one attached hydrogen (secondary N) is 1. The van der Waals surface area contributed by atoms with Crippen molar-refractivity contribution >= 4 is 0 Å². The zero-order valence-electron chi connectivity index (χ0n) is 12.8. The van der Waals surface area contributed by atoms with Crippen molar-refractivity contribution in [2.24, 2.45) is 0 Å². The van der Waals surface area contributed by atoms with Crippen molar-refractivity contribution in [3.63, 3.8) is 0 Å². The molecule has 0 amide bonds. The van der Waals surface area contributed by atoms with Crippen LogP contribution in [0.3, 0.4) is 0 Å². The van der Waals surface area contributed by atoms with Gasteiger partial charge in [-0.3, -0.25) is 4.98 Å².